The number of hydrogen-bond acceptors (Lipinski definition) is 3. The Labute approximate surface area is 140 Å². The highest BCUT2D eigenvalue weighted by atomic mass is 16.5. The predicted octanol–water partition coefficient (Wildman–Crippen LogP) is 3.53. The van der Waals surface area contributed by atoms with E-state index in [4.69, 9.17) is 4.74 Å². The van der Waals surface area contributed by atoms with E-state index in [1.807, 2.05) is 0 Å². The second-order valence-electron chi connectivity index (χ2n) is 7.87. The maximum absolute atomic E-state index is 5.95. The topological polar surface area (TPSA) is 24.5 Å². The second kappa shape index (κ2) is 6.66. The quantitative estimate of drug-likeness (QED) is 0.842. The summed E-state index contributed by atoms with van der Waals surface area (Å²) < 4.78 is 5.95. The van der Waals surface area contributed by atoms with E-state index < -0.39 is 0 Å². The molecule has 0 unspecified atom stereocenters. The van der Waals surface area contributed by atoms with E-state index in [9.17, 15) is 0 Å². The van der Waals surface area contributed by atoms with Crippen molar-refractivity contribution in [2.45, 2.75) is 58.2 Å². The number of nitrogens with zero attached hydrogens (tertiary/aromatic N) is 1. The Morgan fingerprint density at radius 1 is 1.35 bits per heavy atom. The first-order valence-electron chi connectivity index (χ1n) is 8.82. The first-order valence-corrected chi connectivity index (χ1v) is 8.82. The minimum atomic E-state index is -0.0511. The molecule has 0 bridgehead atoms. The van der Waals surface area contributed by atoms with Crippen molar-refractivity contribution >= 4 is 0 Å². The lowest BCUT2D eigenvalue weighted by molar-refractivity contribution is 0.138. The number of likely N-dealkylation sites (tertiary alicyclic amines) is 1. The largest absolute Gasteiger partial charge is 0.487 e. The molecule has 1 fully saturated rings. The average Bonchev–Trinajstić information content (AvgIpc) is 2.79. The van der Waals surface area contributed by atoms with Crippen LogP contribution in [0.25, 0.3) is 0 Å². The molecule has 2 heterocycles. The average molecular weight is 314 g/mol. The Morgan fingerprint density at radius 3 is 2.78 bits per heavy atom. The molecule has 23 heavy (non-hydrogen) atoms. The minimum absolute atomic E-state index is 0.0511. The van der Waals surface area contributed by atoms with Crippen LogP contribution in [0.4, 0.5) is 0 Å². The number of ether oxygens (including phenoxy) is 1. The molecule has 0 radical (unpaired) electrons. The molecular formula is C20H30N2O. The SMILES string of the molecule is C=C(C)CN1CCC(NCc2ccc3c(c2)CC(C)(C)O3)CC1. The summed E-state index contributed by atoms with van der Waals surface area (Å²) in [5.74, 6) is 1.06. The molecule has 3 nitrogen and oxygen atoms in total. The Hall–Kier alpha value is -1.32. The van der Waals surface area contributed by atoms with Crippen molar-refractivity contribution in [2.24, 2.45) is 0 Å². The van der Waals surface area contributed by atoms with E-state index in [-0.39, 0.29) is 5.60 Å². The van der Waals surface area contributed by atoms with Gasteiger partial charge in [-0.1, -0.05) is 24.3 Å². The first kappa shape index (κ1) is 16.5. The smallest absolute Gasteiger partial charge is 0.123 e. The third-order valence-corrected chi connectivity index (χ3v) is 4.80. The maximum Gasteiger partial charge on any atom is 0.123 e. The van der Waals surface area contributed by atoms with Crippen LogP contribution in [0.1, 0.15) is 44.7 Å². The lowest BCUT2D eigenvalue weighted by Gasteiger charge is -2.32. The van der Waals surface area contributed by atoms with E-state index in [2.05, 4.69) is 55.8 Å². The van der Waals surface area contributed by atoms with Crippen LogP contribution >= 0.6 is 0 Å². The molecule has 2 aliphatic heterocycles. The fourth-order valence-electron chi connectivity index (χ4n) is 3.71. The van der Waals surface area contributed by atoms with Gasteiger partial charge >= 0.3 is 0 Å². The number of hydrogen-bond donors (Lipinski definition) is 1. The molecule has 0 aromatic heterocycles. The Morgan fingerprint density at radius 2 is 2.09 bits per heavy atom. The molecular weight excluding hydrogens is 284 g/mol. The Kier molecular flexibility index (Phi) is 4.79. The first-order chi connectivity index (χ1) is 10.9. The summed E-state index contributed by atoms with van der Waals surface area (Å²) in [5.41, 5.74) is 3.93. The van der Waals surface area contributed by atoms with E-state index in [0.29, 0.717) is 6.04 Å². The highest BCUT2D eigenvalue weighted by molar-refractivity contribution is 5.41. The predicted molar refractivity (Wildman–Crippen MR) is 96.0 cm³/mol. The van der Waals surface area contributed by atoms with Gasteiger partial charge in [0.2, 0.25) is 0 Å². The van der Waals surface area contributed by atoms with Crippen LogP contribution < -0.4 is 10.1 Å². The summed E-state index contributed by atoms with van der Waals surface area (Å²) >= 11 is 0. The van der Waals surface area contributed by atoms with E-state index >= 15 is 0 Å². The zero-order valence-electron chi connectivity index (χ0n) is 14.8. The molecule has 1 saturated heterocycles. The van der Waals surface area contributed by atoms with Crippen LogP contribution in [-0.4, -0.2) is 36.2 Å². The zero-order chi connectivity index (χ0) is 16.4. The summed E-state index contributed by atoms with van der Waals surface area (Å²) in [4.78, 5) is 2.51. The van der Waals surface area contributed by atoms with Crippen molar-refractivity contribution in [3.05, 3.63) is 41.5 Å². The van der Waals surface area contributed by atoms with E-state index in [1.54, 1.807) is 0 Å². The van der Waals surface area contributed by atoms with E-state index in [0.717, 1.165) is 25.3 Å². The molecule has 0 aliphatic carbocycles. The molecule has 0 amide bonds. The van der Waals surface area contributed by atoms with Gasteiger partial charge in [-0.3, -0.25) is 4.90 Å². The van der Waals surface area contributed by atoms with Crippen molar-refractivity contribution in [3.63, 3.8) is 0 Å². The van der Waals surface area contributed by atoms with Crippen molar-refractivity contribution < 1.29 is 4.74 Å². The van der Waals surface area contributed by atoms with Gasteiger partial charge in [-0.2, -0.15) is 0 Å². The summed E-state index contributed by atoms with van der Waals surface area (Å²) in [6.07, 6.45) is 3.47. The lowest BCUT2D eigenvalue weighted by Crippen LogP contribution is -2.42. The molecule has 126 valence electrons. The molecule has 2 aliphatic rings. The Balaban J connectivity index is 1.48. The molecule has 0 atom stereocenters. The number of nitrogens with one attached hydrogen (secondary N) is 1. The molecule has 3 heteroatoms. The molecule has 1 aromatic rings. The number of piperidine rings is 1. The minimum Gasteiger partial charge on any atom is -0.487 e. The van der Waals surface area contributed by atoms with Gasteiger partial charge in [0, 0.05) is 25.6 Å². The van der Waals surface area contributed by atoms with Crippen LogP contribution in [0.5, 0.6) is 5.75 Å². The second-order valence-corrected chi connectivity index (χ2v) is 7.87. The van der Waals surface area contributed by atoms with Crippen LogP contribution in [0, 0.1) is 0 Å². The molecule has 1 N–H and O–H groups in total. The van der Waals surface area contributed by atoms with E-state index in [1.165, 1.54) is 42.6 Å². The van der Waals surface area contributed by atoms with Crippen LogP contribution in [0.15, 0.2) is 30.4 Å². The van der Waals surface area contributed by atoms with Crippen molar-refractivity contribution in [2.75, 3.05) is 19.6 Å². The van der Waals surface area contributed by atoms with Gasteiger partial charge in [0.15, 0.2) is 0 Å². The lowest BCUT2D eigenvalue weighted by atomic mass is 10.00. The van der Waals surface area contributed by atoms with Gasteiger partial charge in [-0.05, 0) is 63.9 Å². The van der Waals surface area contributed by atoms with Gasteiger partial charge < -0.3 is 10.1 Å². The van der Waals surface area contributed by atoms with Gasteiger partial charge in [0.05, 0.1) is 0 Å². The van der Waals surface area contributed by atoms with Gasteiger partial charge in [-0.25, -0.2) is 0 Å². The molecule has 0 spiro atoms. The van der Waals surface area contributed by atoms with Crippen molar-refractivity contribution in [1.82, 2.24) is 10.2 Å². The normalized spacial score (nSPS) is 21.0. The highest BCUT2D eigenvalue weighted by Gasteiger charge is 2.29. The monoisotopic (exact) mass is 314 g/mol. The fraction of sp³-hybridized carbons (Fsp3) is 0.600. The van der Waals surface area contributed by atoms with Gasteiger partial charge in [-0.15, -0.1) is 0 Å². The fourth-order valence-corrected chi connectivity index (χ4v) is 3.71. The van der Waals surface area contributed by atoms with Crippen LogP contribution in [0.2, 0.25) is 0 Å². The molecule has 0 saturated carbocycles. The van der Waals surface area contributed by atoms with Crippen LogP contribution in [-0.2, 0) is 13.0 Å². The zero-order valence-corrected chi connectivity index (χ0v) is 14.8. The van der Waals surface area contributed by atoms with Gasteiger partial charge in [0.25, 0.3) is 0 Å². The molecule has 3 rings (SSSR count). The van der Waals surface area contributed by atoms with Crippen molar-refractivity contribution in [3.8, 4) is 5.75 Å². The number of fused-ring (bicyclic) bond motifs is 1. The number of rotatable bonds is 5. The third kappa shape index (κ3) is 4.36. The maximum atomic E-state index is 5.95. The highest BCUT2D eigenvalue weighted by Crippen LogP contribution is 2.35. The van der Waals surface area contributed by atoms with Gasteiger partial charge in [0.1, 0.15) is 11.4 Å². The summed E-state index contributed by atoms with van der Waals surface area (Å²) in [6.45, 7) is 14.8. The van der Waals surface area contributed by atoms with Crippen LogP contribution in [0.3, 0.4) is 0 Å². The summed E-state index contributed by atoms with van der Waals surface area (Å²) in [7, 11) is 0. The summed E-state index contributed by atoms with van der Waals surface area (Å²) in [6, 6.07) is 7.28. The third-order valence-electron chi connectivity index (χ3n) is 4.80. The standard InChI is InChI=1S/C20H30N2O/c1-15(2)14-22-9-7-18(8-10-22)21-13-16-5-6-19-17(11-16)12-20(3,4)23-19/h5-6,11,18,21H,1,7-10,12-14H2,2-4H3. The number of benzene rings is 1. The Bertz CT molecular complexity index is 571. The molecule has 1 aromatic carbocycles. The summed E-state index contributed by atoms with van der Waals surface area (Å²) in [5, 5.41) is 3.73. The van der Waals surface area contributed by atoms with Crippen molar-refractivity contribution in [1.29, 1.82) is 0 Å².